The van der Waals surface area contributed by atoms with E-state index >= 15 is 0 Å². The highest BCUT2D eigenvalue weighted by Crippen LogP contribution is 2.23. The first kappa shape index (κ1) is 19.7. The van der Waals surface area contributed by atoms with Crippen molar-refractivity contribution in [1.29, 1.82) is 0 Å². The lowest BCUT2D eigenvalue weighted by Crippen LogP contribution is -2.28. The van der Waals surface area contributed by atoms with Crippen molar-refractivity contribution in [3.05, 3.63) is 88.1 Å². The van der Waals surface area contributed by atoms with Crippen molar-refractivity contribution in [2.75, 3.05) is 14.2 Å². The molecule has 0 aliphatic carbocycles. The summed E-state index contributed by atoms with van der Waals surface area (Å²) in [6.07, 6.45) is 3.39. The summed E-state index contributed by atoms with van der Waals surface area (Å²) in [6.45, 7) is 1.02. The lowest BCUT2D eigenvalue weighted by atomic mass is 10.1. The van der Waals surface area contributed by atoms with Gasteiger partial charge >= 0.3 is 0 Å². The maximum absolute atomic E-state index is 13.0. The Labute approximate surface area is 169 Å². The standard InChI is InChI=1S/C23H23NO3S/c1-26-21-11-5-3-8-18(21)13-14-23(25)24(17-20-10-7-15-28-20)16-19-9-4-6-12-22(19)27-2/h3-15H,16-17H2,1-2H3/b14-13+. The first-order valence-corrected chi connectivity index (χ1v) is 9.83. The molecule has 1 aromatic heterocycles. The van der Waals surface area contributed by atoms with Gasteiger partial charge < -0.3 is 14.4 Å². The zero-order valence-corrected chi connectivity index (χ0v) is 16.8. The SMILES string of the molecule is COc1ccccc1/C=C/C(=O)N(Cc1cccs1)Cc1ccccc1OC. The van der Waals surface area contributed by atoms with E-state index in [2.05, 4.69) is 0 Å². The predicted octanol–water partition coefficient (Wildman–Crippen LogP) is 5.01. The minimum absolute atomic E-state index is 0.0646. The number of carbonyl (C=O) groups is 1. The summed E-state index contributed by atoms with van der Waals surface area (Å²) in [5.41, 5.74) is 1.84. The molecule has 3 aromatic rings. The van der Waals surface area contributed by atoms with Crippen molar-refractivity contribution >= 4 is 23.3 Å². The number of nitrogens with zero attached hydrogens (tertiary/aromatic N) is 1. The molecule has 0 atom stereocenters. The molecule has 0 fully saturated rings. The van der Waals surface area contributed by atoms with Gasteiger partial charge in [-0.25, -0.2) is 0 Å². The number of methoxy groups -OCH3 is 2. The number of rotatable bonds is 8. The average molecular weight is 394 g/mol. The van der Waals surface area contributed by atoms with E-state index in [4.69, 9.17) is 9.47 Å². The van der Waals surface area contributed by atoms with Crippen molar-refractivity contribution in [2.45, 2.75) is 13.1 Å². The number of amides is 1. The van der Waals surface area contributed by atoms with E-state index < -0.39 is 0 Å². The molecule has 2 aromatic carbocycles. The molecule has 28 heavy (non-hydrogen) atoms. The van der Waals surface area contributed by atoms with Crippen molar-refractivity contribution < 1.29 is 14.3 Å². The van der Waals surface area contributed by atoms with E-state index in [1.807, 2.05) is 70.9 Å². The highest BCUT2D eigenvalue weighted by atomic mass is 32.1. The van der Waals surface area contributed by atoms with Gasteiger partial charge in [-0.3, -0.25) is 4.79 Å². The molecule has 0 aliphatic rings. The van der Waals surface area contributed by atoms with E-state index in [-0.39, 0.29) is 5.91 Å². The van der Waals surface area contributed by atoms with Crippen LogP contribution in [0.1, 0.15) is 16.0 Å². The van der Waals surface area contributed by atoms with E-state index in [9.17, 15) is 4.79 Å². The molecule has 4 nitrogen and oxygen atoms in total. The van der Waals surface area contributed by atoms with Crippen LogP contribution in [0.5, 0.6) is 11.5 Å². The Morgan fingerprint density at radius 2 is 1.64 bits per heavy atom. The van der Waals surface area contributed by atoms with Gasteiger partial charge in [-0.1, -0.05) is 42.5 Å². The van der Waals surface area contributed by atoms with Crippen LogP contribution in [0.25, 0.3) is 6.08 Å². The minimum Gasteiger partial charge on any atom is -0.496 e. The third kappa shape index (κ3) is 5.02. The molecule has 0 saturated heterocycles. The smallest absolute Gasteiger partial charge is 0.247 e. The van der Waals surface area contributed by atoms with Gasteiger partial charge in [0, 0.05) is 28.6 Å². The van der Waals surface area contributed by atoms with E-state index in [0.29, 0.717) is 13.1 Å². The Morgan fingerprint density at radius 1 is 0.929 bits per heavy atom. The monoisotopic (exact) mass is 393 g/mol. The Morgan fingerprint density at radius 3 is 2.36 bits per heavy atom. The van der Waals surface area contributed by atoms with Crippen LogP contribution in [-0.4, -0.2) is 25.0 Å². The van der Waals surface area contributed by atoms with Crippen molar-refractivity contribution in [3.63, 3.8) is 0 Å². The van der Waals surface area contributed by atoms with Crippen LogP contribution < -0.4 is 9.47 Å². The second-order valence-electron chi connectivity index (χ2n) is 6.16. The lowest BCUT2D eigenvalue weighted by molar-refractivity contribution is -0.127. The molecule has 0 spiro atoms. The van der Waals surface area contributed by atoms with Crippen molar-refractivity contribution in [2.24, 2.45) is 0 Å². The molecule has 1 heterocycles. The molecule has 1 amide bonds. The Hall–Kier alpha value is -3.05. The number of hydrogen-bond acceptors (Lipinski definition) is 4. The van der Waals surface area contributed by atoms with Crippen LogP contribution in [0.2, 0.25) is 0 Å². The third-order valence-electron chi connectivity index (χ3n) is 4.34. The fourth-order valence-corrected chi connectivity index (χ4v) is 3.63. The summed E-state index contributed by atoms with van der Waals surface area (Å²) in [6, 6.07) is 19.4. The highest BCUT2D eigenvalue weighted by Gasteiger charge is 2.15. The normalized spacial score (nSPS) is 10.8. The first-order valence-electron chi connectivity index (χ1n) is 8.95. The van der Waals surface area contributed by atoms with Gasteiger partial charge in [-0.2, -0.15) is 0 Å². The zero-order chi connectivity index (χ0) is 19.8. The average Bonchev–Trinajstić information content (AvgIpc) is 3.25. The molecule has 0 unspecified atom stereocenters. The van der Waals surface area contributed by atoms with Gasteiger partial charge in [-0.05, 0) is 29.7 Å². The van der Waals surface area contributed by atoms with Gasteiger partial charge in [-0.15, -0.1) is 11.3 Å². The second kappa shape index (κ2) is 9.76. The molecular weight excluding hydrogens is 370 g/mol. The lowest BCUT2D eigenvalue weighted by Gasteiger charge is -2.22. The van der Waals surface area contributed by atoms with Crippen LogP contribution in [0.3, 0.4) is 0 Å². The van der Waals surface area contributed by atoms with Crippen LogP contribution >= 0.6 is 11.3 Å². The summed E-state index contributed by atoms with van der Waals surface area (Å²) in [4.78, 5) is 16.0. The fourth-order valence-electron chi connectivity index (χ4n) is 2.91. The van der Waals surface area contributed by atoms with Gasteiger partial charge in [0.05, 0.1) is 20.8 Å². The predicted molar refractivity (Wildman–Crippen MR) is 114 cm³/mol. The van der Waals surface area contributed by atoms with Crippen LogP contribution in [-0.2, 0) is 17.9 Å². The molecule has 3 rings (SSSR count). The summed E-state index contributed by atoms with van der Waals surface area (Å²) in [5.74, 6) is 1.45. The number of para-hydroxylation sites is 2. The van der Waals surface area contributed by atoms with Crippen molar-refractivity contribution in [3.8, 4) is 11.5 Å². The fraction of sp³-hybridized carbons (Fsp3) is 0.174. The number of carbonyl (C=O) groups excluding carboxylic acids is 1. The van der Waals surface area contributed by atoms with Gasteiger partial charge in [0.2, 0.25) is 5.91 Å². The molecule has 0 aliphatic heterocycles. The maximum Gasteiger partial charge on any atom is 0.247 e. The van der Waals surface area contributed by atoms with Gasteiger partial charge in [0.25, 0.3) is 0 Å². The van der Waals surface area contributed by atoms with E-state index in [1.54, 1.807) is 37.7 Å². The molecule has 5 heteroatoms. The van der Waals surface area contributed by atoms with E-state index in [0.717, 1.165) is 27.5 Å². The highest BCUT2D eigenvalue weighted by molar-refractivity contribution is 7.09. The quantitative estimate of drug-likeness (QED) is 0.505. The van der Waals surface area contributed by atoms with Gasteiger partial charge in [0.1, 0.15) is 11.5 Å². The number of ether oxygens (including phenoxy) is 2. The van der Waals surface area contributed by atoms with Crippen LogP contribution in [0, 0.1) is 0 Å². The third-order valence-corrected chi connectivity index (χ3v) is 5.20. The minimum atomic E-state index is -0.0646. The Kier molecular flexibility index (Phi) is 6.87. The van der Waals surface area contributed by atoms with E-state index in [1.165, 1.54) is 0 Å². The molecule has 0 saturated carbocycles. The maximum atomic E-state index is 13.0. The largest absolute Gasteiger partial charge is 0.496 e. The molecule has 0 N–H and O–H groups in total. The summed E-state index contributed by atoms with van der Waals surface area (Å²) < 4.78 is 10.8. The second-order valence-corrected chi connectivity index (χ2v) is 7.19. The molecule has 0 radical (unpaired) electrons. The summed E-state index contributed by atoms with van der Waals surface area (Å²) >= 11 is 1.64. The Balaban J connectivity index is 1.83. The molecule has 144 valence electrons. The summed E-state index contributed by atoms with van der Waals surface area (Å²) in [5, 5.41) is 2.02. The number of benzene rings is 2. The van der Waals surface area contributed by atoms with Gasteiger partial charge in [0.15, 0.2) is 0 Å². The number of thiophene rings is 1. The van der Waals surface area contributed by atoms with Crippen LogP contribution in [0.4, 0.5) is 0 Å². The molecule has 0 bridgehead atoms. The Bertz CT molecular complexity index is 935. The zero-order valence-electron chi connectivity index (χ0n) is 16.0. The molecular formula is C23H23NO3S. The first-order chi connectivity index (χ1) is 13.7. The van der Waals surface area contributed by atoms with Crippen LogP contribution in [0.15, 0.2) is 72.1 Å². The topological polar surface area (TPSA) is 38.8 Å². The summed E-state index contributed by atoms with van der Waals surface area (Å²) in [7, 11) is 3.27. The number of hydrogen-bond donors (Lipinski definition) is 0. The van der Waals surface area contributed by atoms with Crippen molar-refractivity contribution in [1.82, 2.24) is 4.90 Å².